The van der Waals surface area contributed by atoms with E-state index in [4.69, 9.17) is 4.74 Å². The fourth-order valence-electron chi connectivity index (χ4n) is 2.18. The Morgan fingerprint density at radius 3 is 2.56 bits per heavy atom. The van der Waals surface area contributed by atoms with Gasteiger partial charge in [0.15, 0.2) is 0 Å². The van der Waals surface area contributed by atoms with Crippen LogP contribution in [0.5, 0.6) is 0 Å². The van der Waals surface area contributed by atoms with E-state index in [0.29, 0.717) is 18.7 Å². The summed E-state index contributed by atoms with van der Waals surface area (Å²) in [5, 5.41) is 13.7. The second-order valence-electron chi connectivity index (χ2n) is 4.93. The first-order valence-electron chi connectivity index (χ1n) is 6.71. The molecule has 1 rings (SSSR count). The van der Waals surface area contributed by atoms with Crippen molar-refractivity contribution in [2.45, 2.75) is 70.6 Å². The number of aliphatic hydroxyl groups is 1. The Morgan fingerprint density at radius 1 is 1.31 bits per heavy atom. The maximum atomic E-state index is 10.2. The summed E-state index contributed by atoms with van der Waals surface area (Å²) in [4.78, 5) is 0. The lowest BCUT2D eigenvalue weighted by molar-refractivity contribution is -0.0117. The van der Waals surface area contributed by atoms with E-state index in [0.717, 1.165) is 38.7 Å². The van der Waals surface area contributed by atoms with Gasteiger partial charge < -0.3 is 15.2 Å². The largest absolute Gasteiger partial charge is 0.389 e. The fraction of sp³-hybridized carbons (Fsp3) is 1.00. The summed E-state index contributed by atoms with van der Waals surface area (Å²) >= 11 is 0. The summed E-state index contributed by atoms with van der Waals surface area (Å²) in [6, 6.07) is 0.517. The number of hydrogen-bond acceptors (Lipinski definition) is 3. The molecule has 0 saturated carbocycles. The molecule has 0 aliphatic carbocycles. The Labute approximate surface area is 99.6 Å². The standard InChI is InChI=1S/C13H27NO2/c1-4-12-9-11(7-8-16-12)14-10-13(15,5-2)6-3/h11-12,14-15H,4-10H2,1-3H3. The van der Waals surface area contributed by atoms with E-state index in [-0.39, 0.29) is 0 Å². The van der Waals surface area contributed by atoms with E-state index in [2.05, 4.69) is 12.2 Å². The number of nitrogens with one attached hydrogen (secondary N) is 1. The van der Waals surface area contributed by atoms with Gasteiger partial charge in [-0.2, -0.15) is 0 Å². The molecule has 1 fully saturated rings. The van der Waals surface area contributed by atoms with E-state index < -0.39 is 5.60 Å². The van der Waals surface area contributed by atoms with Crippen LogP contribution in [0.25, 0.3) is 0 Å². The molecule has 1 heterocycles. The summed E-state index contributed by atoms with van der Waals surface area (Å²) < 4.78 is 5.64. The monoisotopic (exact) mass is 229 g/mol. The van der Waals surface area contributed by atoms with Crippen molar-refractivity contribution in [1.82, 2.24) is 5.32 Å². The summed E-state index contributed by atoms with van der Waals surface area (Å²) in [5.41, 5.74) is -0.528. The molecule has 96 valence electrons. The van der Waals surface area contributed by atoms with Gasteiger partial charge in [0.05, 0.1) is 11.7 Å². The lowest BCUT2D eigenvalue weighted by atomic mass is 9.95. The highest BCUT2D eigenvalue weighted by Gasteiger charge is 2.26. The van der Waals surface area contributed by atoms with Gasteiger partial charge in [0.2, 0.25) is 0 Å². The average molecular weight is 229 g/mol. The van der Waals surface area contributed by atoms with E-state index in [1.54, 1.807) is 0 Å². The molecule has 1 aliphatic rings. The third-order valence-corrected chi connectivity index (χ3v) is 3.86. The van der Waals surface area contributed by atoms with E-state index in [9.17, 15) is 5.11 Å². The number of ether oxygens (including phenoxy) is 1. The Balaban J connectivity index is 2.31. The van der Waals surface area contributed by atoms with Gasteiger partial charge in [0, 0.05) is 19.2 Å². The molecule has 3 nitrogen and oxygen atoms in total. The van der Waals surface area contributed by atoms with Crippen LogP contribution in [0.3, 0.4) is 0 Å². The molecule has 1 saturated heterocycles. The quantitative estimate of drug-likeness (QED) is 0.733. The van der Waals surface area contributed by atoms with Gasteiger partial charge in [0.25, 0.3) is 0 Å². The zero-order valence-corrected chi connectivity index (χ0v) is 11.0. The van der Waals surface area contributed by atoms with Crippen LogP contribution in [0.15, 0.2) is 0 Å². The Bertz CT molecular complexity index is 192. The molecule has 0 aromatic rings. The van der Waals surface area contributed by atoms with E-state index >= 15 is 0 Å². The van der Waals surface area contributed by atoms with E-state index in [1.807, 2.05) is 13.8 Å². The van der Waals surface area contributed by atoms with Crippen LogP contribution in [-0.4, -0.2) is 36.0 Å². The zero-order valence-electron chi connectivity index (χ0n) is 11.0. The van der Waals surface area contributed by atoms with Crippen molar-refractivity contribution in [1.29, 1.82) is 0 Å². The molecule has 0 aromatic carbocycles. The van der Waals surface area contributed by atoms with Gasteiger partial charge in [-0.05, 0) is 32.1 Å². The summed E-state index contributed by atoms with van der Waals surface area (Å²) in [5.74, 6) is 0. The SMILES string of the molecule is CCC1CC(NCC(O)(CC)CC)CCO1. The molecule has 0 aromatic heterocycles. The second-order valence-corrected chi connectivity index (χ2v) is 4.93. The highest BCUT2D eigenvalue weighted by atomic mass is 16.5. The molecular weight excluding hydrogens is 202 g/mol. The molecule has 0 amide bonds. The molecule has 2 atom stereocenters. The number of rotatable bonds is 6. The summed E-state index contributed by atoms with van der Waals surface area (Å²) in [6.45, 7) is 7.82. The first-order valence-corrected chi connectivity index (χ1v) is 6.71. The predicted molar refractivity (Wildman–Crippen MR) is 66.6 cm³/mol. The second kappa shape index (κ2) is 6.58. The molecule has 1 aliphatic heterocycles. The van der Waals surface area contributed by atoms with Crippen LogP contribution in [0.2, 0.25) is 0 Å². The minimum Gasteiger partial charge on any atom is -0.389 e. The van der Waals surface area contributed by atoms with Gasteiger partial charge >= 0.3 is 0 Å². The maximum absolute atomic E-state index is 10.2. The molecule has 3 heteroatoms. The molecule has 16 heavy (non-hydrogen) atoms. The first-order chi connectivity index (χ1) is 7.63. The lowest BCUT2D eigenvalue weighted by Gasteiger charge is -2.33. The van der Waals surface area contributed by atoms with Crippen molar-refractivity contribution in [3.8, 4) is 0 Å². The van der Waals surface area contributed by atoms with Crippen molar-refractivity contribution in [2.24, 2.45) is 0 Å². The number of hydrogen-bond donors (Lipinski definition) is 2. The molecular formula is C13H27NO2. The highest BCUT2D eigenvalue weighted by molar-refractivity contribution is 4.83. The van der Waals surface area contributed by atoms with Crippen LogP contribution in [0.4, 0.5) is 0 Å². The Kier molecular flexibility index (Phi) is 5.73. The Morgan fingerprint density at radius 2 is 2.00 bits per heavy atom. The minimum atomic E-state index is -0.528. The van der Waals surface area contributed by atoms with Crippen molar-refractivity contribution in [2.75, 3.05) is 13.2 Å². The predicted octanol–water partition coefficient (Wildman–Crippen LogP) is 2.08. The van der Waals surface area contributed by atoms with Crippen LogP contribution in [0.1, 0.15) is 52.9 Å². The third-order valence-electron chi connectivity index (χ3n) is 3.86. The van der Waals surface area contributed by atoms with Crippen LogP contribution < -0.4 is 5.32 Å². The van der Waals surface area contributed by atoms with Gasteiger partial charge in [-0.1, -0.05) is 20.8 Å². The van der Waals surface area contributed by atoms with Gasteiger partial charge in [-0.15, -0.1) is 0 Å². The summed E-state index contributed by atoms with van der Waals surface area (Å²) in [7, 11) is 0. The van der Waals surface area contributed by atoms with E-state index in [1.165, 1.54) is 0 Å². The molecule has 2 unspecified atom stereocenters. The topological polar surface area (TPSA) is 41.5 Å². The van der Waals surface area contributed by atoms with Crippen molar-refractivity contribution in [3.63, 3.8) is 0 Å². The van der Waals surface area contributed by atoms with Crippen molar-refractivity contribution in [3.05, 3.63) is 0 Å². The zero-order chi connectivity index (χ0) is 12.0. The van der Waals surface area contributed by atoms with Crippen molar-refractivity contribution < 1.29 is 9.84 Å². The first kappa shape index (κ1) is 13.9. The third kappa shape index (κ3) is 4.04. The highest BCUT2D eigenvalue weighted by Crippen LogP contribution is 2.18. The van der Waals surface area contributed by atoms with Crippen LogP contribution in [0, 0.1) is 0 Å². The smallest absolute Gasteiger partial charge is 0.0766 e. The molecule has 0 bridgehead atoms. The van der Waals surface area contributed by atoms with Crippen LogP contribution in [-0.2, 0) is 4.74 Å². The van der Waals surface area contributed by atoms with Gasteiger partial charge in [0.1, 0.15) is 0 Å². The lowest BCUT2D eigenvalue weighted by Crippen LogP contribution is -2.46. The molecule has 0 spiro atoms. The van der Waals surface area contributed by atoms with Crippen LogP contribution >= 0.6 is 0 Å². The summed E-state index contributed by atoms with van der Waals surface area (Å²) in [6.07, 6.45) is 5.28. The fourth-order valence-corrected chi connectivity index (χ4v) is 2.18. The van der Waals surface area contributed by atoms with Crippen molar-refractivity contribution >= 4 is 0 Å². The minimum absolute atomic E-state index is 0.405. The van der Waals surface area contributed by atoms with Gasteiger partial charge in [-0.25, -0.2) is 0 Å². The maximum Gasteiger partial charge on any atom is 0.0766 e. The average Bonchev–Trinajstić information content (AvgIpc) is 2.36. The molecule has 0 radical (unpaired) electrons. The normalized spacial score (nSPS) is 27.0. The van der Waals surface area contributed by atoms with Gasteiger partial charge in [-0.3, -0.25) is 0 Å². The Hall–Kier alpha value is -0.120. The molecule has 2 N–H and O–H groups in total.